The standard InChI is InChI=1S/C13H22O.C4H10.4C2H6/c1-4-12(8-10(2)11(3)14)9-13(12)6-5-7-13;1-3-4-2;4*1-2/h10H,4-9H2,1-3H3;3-4H2,1-2H3;4*1-2H3. The number of hydrogen-bond donors (Lipinski definition) is 0. The third-order valence-electron chi connectivity index (χ3n) is 5.56. The second-order valence-corrected chi connectivity index (χ2v) is 6.66. The Morgan fingerprint density at radius 1 is 0.846 bits per heavy atom. The molecule has 2 aliphatic carbocycles. The van der Waals surface area contributed by atoms with Crippen molar-refractivity contribution in [2.24, 2.45) is 16.7 Å². The zero-order valence-corrected chi connectivity index (χ0v) is 21.1. The summed E-state index contributed by atoms with van der Waals surface area (Å²) in [5.74, 6) is 0.661. The Labute approximate surface area is 169 Å². The van der Waals surface area contributed by atoms with Crippen molar-refractivity contribution >= 4 is 5.78 Å². The summed E-state index contributed by atoms with van der Waals surface area (Å²) >= 11 is 0. The van der Waals surface area contributed by atoms with Crippen molar-refractivity contribution in [1.29, 1.82) is 0 Å². The molecule has 1 nitrogen and oxygen atoms in total. The van der Waals surface area contributed by atoms with Gasteiger partial charge < -0.3 is 0 Å². The van der Waals surface area contributed by atoms with Crippen molar-refractivity contribution in [3.05, 3.63) is 0 Å². The number of rotatable bonds is 5. The average molecular weight is 373 g/mol. The van der Waals surface area contributed by atoms with Crippen LogP contribution >= 0.6 is 0 Å². The van der Waals surface area contributed by atoms with Crippen LogP contribution in [-0.2, 0) is 4.79 Å². The lowest BCUT2D eigenvalue weighted by atomic mass is 9.71. The minimum atomic E-state index is 0.287. The molecule has 0 aromatic heterocycles. The largest absolute Gasteiger partial charge is 0.300 e. The van der Waals surface area contributed by atoms with E-state index in [9.17, 15) is 4.79 Å². The molecular formula is C25H56O. The summed E-state index contributed by atoms with van der Waals surface area (Å²) in [5, 5.41) is 0. The Hall–Kier alpha value is -0.330. The fourth-order valence-electron chi connectivity index (χ4n) is 3.58. The summed E-state index contributed by atoms with van der Waals surface area (Å²) in [4.78, 5) is 11.3. The second-order valence-electron chi connectivity index (χ2n) is 6.66. The molecule has 2 aliphatic rings. The zero-order chi connectivity index (χ0) is 21.8. The van der Waals surface area contributed by atoms with Crippen molar-refractivity contribution < 1.29 is 4.79 Å². The van der Waals surface area contributed by atoms with E-state index in [4.69, 9.17) is 0 Å². The molecule has 0 aromatic rings. The highest BCUT2D eigenvalue weighted by atomic mass is 16.1. The second kappa shape index (κ2) is 21.0. The van der Waals surface area contributed by atoms with E-state index in [2.05, 4.69) is 27.7 Å². The maximum Gasteiger partial charge on any atom is 0.132 e. The van der Waals surface area contributed by atoms with Gasteiger partial charge in [0.25, 0.3) is 0 Å². The monoisotopic (exact) mass is 372 g/mol. The predicted octanol–water partition coefficient (Wildman–Crippen LogP) is 9.48. The topological polar surface area (TPSA) is 17.1 Å². The van der Waals surface area contributed by atoms with Gasteiger partial charge >= 0.3 is 0 Å². The first-order valence-electron chi connectivity index (χ1n) is 12.0. The molecule has 0 radical (unpaired) electrons. The van der Waals surface area contributed by atoms with Gasteiger partial charge in [0, 0.05) is 5.92 Å². The number of ketones is 1. The van der Waals surface area contributed by atoms with E-state index in [0.29, 0.717) is 16.6 Å². The summed E-state index contributed by atoms with van der Waals surface area (Å²) in [6, 6.07) is 0. The number of carbonyl (C=O) groups is 1. The molecule has 0 amide bonds. The van der Waals surface area contributed by atoms with Crippen LogP contribution in [0, 0.1) is 16.7 Å². The molecule has 2 fully saturated rings. The molecule has 2 atom stereocenters. The van der Waals surface area contributed by atoms with Crippen LogP contribution < -0.4 is 0 Å². The molecular weight excluding hydrogens is 316 g/mol. The Balaban J connectivity index is -0.000000171. The molecule has 162 valence electrons. The van der Waals surface area contributed by atoms with Crippen LogP contribution in [0.2, 0.25) is 0 Å². The molecule has 0 bridgehead atoms. The molecule has 2 rings (SSSR count). The van der Waals surface area contributed by atoms with Gasteiger partial charge in [-0.15, -0.1) is 0 Å². The molecule has 0 aromatic carbocycles. The van der Waals surface area contributed by atoms with E-state index in [1.54, 1.807) is 6.92 Å². The summed E-state index contributed by atoms with van der Waals surface area (Å²) in [6.45, 7) is 26.5. The van der Waals surface area contributed by atoms with E-state index >= 15 is 0 Å². The van der Waals surface area contributed by atoms with Crippen molar-refractivity contribution in [3.63, 3.8) is 0 Å². The van der Waals surface area contributed by atoms with Crippen molar-refractivity contribution in [3.8, 4) is 0 Å². The minimum absolute atomic E-state index is 0.287. The summed E-state index contributed by atoms with van der Waals surface area (Å²) in [6.07, 6.45) is 10.8. The lowest BCUT2D eigenvalue weighted by molar-refractivity contribution is -0.121. The highest BCUT2D eigenvalue weighted by Crippen LogP contribution is 2.77. The van der Waals surface area contributed by atoms with Crippen LogP contribution in [0.15, 0.2) is 0 Å². The number of carbonyl (C=O) groups excluding carboxylic acids is 1. The van der Waals surface area contributed by atoms with Crippen LogP contribution in [0.5, 0.6) is 0 Å². The molecule has 1 spiro atoms. The number of Topliss-reactive ketones (excluding diaryl/α,β-unsaturated/α-hetero) is 1. The highest BCUT2D eigenvalue weighted by Gasteiger charge is 2.67. The Morgan fingerprint density at radius 2 is 1.23 bits per heavy atom. The van der Waals surface area contributed by atoms with E-state index in [-0.39, 0.29) is 5.92 Å². The van der Waals surface area contributed by atoms with Crippen molar-refractivity contribution in [1.82, 2.24) is 0 Å². The molecule has 2 unspecified atom stereocenters. The van der Waals surface area contributed by atoms with Crippen LogP contribution in [0.4, 0.5) is 0 Å². The number of hydrogen-bond acceptors (Lipinski definition) is 1. The molecule has 0 heterocycles. The SMILES string of the molecule is CC.CC.CC.CC.CCC1(CC(C)C(C)=O)CC12CCC2.CCCC. The van der Waals surface area contributed by atoms with Crippen LogP contribution in [0.3, 0.4) is 0 Å². The van der Waals surface area contributed by atoms with E-state index in [1.807, 2.05) is 55.4 Å². The third-order valence-corrected chi connectivity index (χ3v) is 5.56. The first kappa shape index (κ1) is 33.3. The quantitative estimate of drug-likeness (QED) is 0.469. The van der Waals surface area contributed by atoms with Crippen molar-refractivity contribution in [2.75, 3.05) is 0 Å². The Kier molecular flexibility index (Phi) is 26.8. The summed E-state index contributed by atoms with van der Waals surface area (Å²) in [7, 11) is 0. The smallest absolute Gasteiger partial charge is 0.132 e. The molecule has 0 N–H and O–H groups in total. The molecule has 26 heavy (non-hydrogen) atoms. The van der Waals surface area contributed by atoms with Gasteiger partial charge in [-0.3, -0.25) is 4.79 Å². The van der Waals surface area contributed by atoms with Crippen LogP contribution in [0.25, 0.3) is 0 Å². The molecule has 0 saturated heterocycles. The van der Waals surface area contributed by atoms with Gasteiger partial charge in [-0.2, -0.15) is 0 Å². The fourth-order valence-corrected chi connectivity index (χ4v) is 3.58. The van der Waals surface area contributed by atoms with E-state index < -0.39 is 0 Å². The van der Waals surface area contributed by atoms with Gasteiger partial charge in [-0.25, -0.2) is 0 Å². The maximum atomic E-state index is 11.3. The lowest BCUT2D eigenvalue weighted by Crippen LogP contribution is -2.24. The molecule has 2 saturated carbocycles. The van der Waals surface area contributed by atoms with E-state index in [1.165, 1.54) is 44.9 Å². The Morgan fingerprint density at radius 3 is 1.38 bits per heavy atom. The maximum absolute atomic E-state index is 11.3. The van der Waals surface area contributed by atoms with Gasteiger partial charge in [0.2, 0.25) is 0 Å². The molecule has 0 aliphatic heterocycles. The zero-order valence-electron chi connectivity index (χ0n) is 21.1. The van der Waals surface area contributed by atoms with Gasteiger partial charge in [-0.05, 0) is 49.9 Å². The van der Waals surface area contributed by atoms with Gasteiger partial charge in [0.1, 0.15) is 5.78 Å². The first-order chi connectivity index (χ1) is 12.5. The lowest BCUT2D eigenvalue weighted by Gasteiger charge is -2.33. The van der Waals surface area contributed by atoms with Gasteiger partial charge in [0.15, 0.2) is 0 Å². The molecule has 1 heteroatoms. The number of unbranched alkanes of at least 4 members (excludes halogenated alkanes) is 1. The normalized spacial score (nSPS) is 21.0. The van der Waals surface area contributed by atoms with E-state index in [0.717, 1.165) is 6.42 Å². The third kappa shape index (κ3) is 10.7. The van der Waals surface area contributed by atoms with Crippen LogP contribution in [-0.4, -0.2) is 5.78 Å². The summed E-state index contributed by atoms with van der Waals surface area (Å²) < 4.78 is 0. The Bertz CT molecular complexity index is 276. The first-order valence-corrected chi connectivity index (χ1v) is 12.0. The van der Waals surface area contributed by atoms with Gasteiger partial charge in [-0.1, -0.05) is 102 Å². The summed E-state index contributed by atoms with van der Waals surface area (Å²) in [5.41, 5.74) is 1.27. The minimum Gasteiger partial charge on any atom is -0.300 e. The van der Waals surface area contributed by atoms with Crippen LogP contribution in [0.1, 0.15) is 141 Å². The predicted molar refractivity (Wildman–Crippen MR) is 124 cm³/mol. The average Bonchev–Trinajstić information content (AvgIpc) is 3.38. The highest BCUT2D eigenvalue weighted by molar-refractivity contribution is 5.78. The fraction of sp³-hybridized carbons (Fsp3) is 0.960. The van der Waals surface area contributed by atoms with Gasteiger partial charge in [0.05, 0.1) is 0 Å². The van der Waals surface area contributed by atoms with Crippen molar-refractivity contribution in [2.45, 2.75) is 141 Å².